The Kier molecular flexibility index (Phi) is 8.73. The van der Waals surface area contributed by atoms with Crippen LogP contribution in [0.25, 0.3) is 5.69 Å². The summed E-state index contributed by atoms with van der Waals surface area (Å²) >= 11 is 6.12. The number of rotatable bonds is 7. The first-order valence-electron chi connectivity index (χ1n) is 7.92. The van der Waals surface area contributed by atoms with Crippen molar-refractivity contribution in [2.45, 2.75) is 6.92 Å². The van der Waals surface area contributed by atoms with Crippen LogP contribution in [0.1, 0.15) is 7.12 Å². The lowest BCUT2D eigenvalue weighted by Crippen LogP contribution is -2.13. The SMILES string of the molecule is Cc1ncnc(NCCOc2ccn(-c3ccccc3)n2)c1Cl.O=[P+]([O-])OO.[HH]. The molecule has 1 atom stereocenters. The number of halogens is 1. The summed E-state index contributed by atoms with van der Waals surface area (Å²) in [4.78, 5) is 17.1. The van der Waals surface area contributed by atoms with Crippen LogP contribution >= 0.6 is 19.9 Å². The van der Waals surface area contributed by atoms with Crippen molar-refractivity contribution in [2.75, 3.05) is 18.5 Å². The molecular formula is C16H19ClN5O5P. The first-order valence-corrected chi connectivity index (χ1v) is 9.39. The van der Waals surface area contributed by atoms with Gasteiger partial charge >= 0.3 is 8.25 Å². The van der Waals surface area contributed by atoms with Crippen molar-refractivity contribution < 1.29 is 25.6 Å². The first kappa shape index (κ1) is 21.7. The van der Waals surface area contributed by atoms with Gasteiger partial charge in [0.2, 0.25) is 5.88 Å². The average Bonchev–Trinajstić information content (AvgIpc) is 3.18. The van der Waals surface area contributed by atoms with Crippen molar-refractivity contribution in [3.63, 3.8) is 0 Å². The Morgan fingerprint density at radius 1 is 1.32 bits per heavy atom. The zero-order valence-electron chi connectivity index (χ0n) is 14.7. The van der Waals surface area contributed by atoms with Gasteiger partial charge in [-0.2, -0.15) is 0 Å². The molecule has 3 aromatic rings. The van der Waals surface area contributed by atoms with Gasteiger partial charge in [0, 0.05) is 18.4 Å². The zero-order valence-corrected chi connectivity index (χ0v) is 16.4. The number of aryl methyl sites for hydroxylation is 1. The molecule has 28 heavy (non-hydrogen) atoms. The maximum atomic E-state index is 8.93. The first-order chi connectivity index (χ1) is 13.5. The van der Waals surface area contributed by atoms with Crippen LogP contribution in [0.3, 0.4) is 0 Å². The lowest BCUT2D eigenvalue weighted by atomic mass is 10.3. The molecule has 0 saturated carbocycles. The van der Waals surface area contributed by atoms with Gasteiger partial charge in [-0.1, -0.05) is 29.8 Å². The second-order valence-corrected chi connectivity index (χ2v) is 6.12. The maximum absolute atomic E-state index is 8.93. The van der Waals surface area contributed by atoms with E-state index in [2.05, 4.69) is 25.1 Å². The fraction of sp³-hybridized carbons (Fsp3) is 0.188. The number of nitrogens with zero attached hydrogens (tertiary/aromatic N) is 4. The van der Waals surface area contributed by atoms with Crippen LogP contribution in [0.2, 0.25) is 5.02 Å². The smallest absolute Gasteiger partial charge is 0.521 e. The Labute approximate surface area is 168 Å². The van der Waals surface area contributed by atoms with Crippen molar-refractivity contribution in [1.82, 2.24) is 19.7 Å². The number of ether oxygens (including phenoxy) is 1. The monoisotopic (exact) mass is 427 g/mol. The fourth-order valence-electron chi connectivity index (χ4n) is 2.01. The number of para-hydroxylation sites is 1. The predicted molar refractivity (Wildman–Crippen MR) is 103 cm³/mol. The molecule has 0 amide bonds. The van der Waals surface area contributed by atoms with Gasteiger partial charge in [-0.15, -0.1) is 5.10 Å². The van der Waals surface area contributed by atoms with Crippen LogP contribution in [0.15, 0.2) is 48.9 Å². The van der Waals surface area contributed by atoms with Gasteiger partial charge < -0.3 is 14.9 Å². The molecule has 10 nitrogen and oxygen atoms in total. The molecule has 150 valence electrons. The third kappa shape index (κ3) is 6.84. The summed E-state index contributed by atoms with van der Waals surface area (Å²) in [5.41, 5.74) is 1.73. The van der Waals surface area contributed by atoms with E-state index in [0.29, 0.717) is 29.9 Å². The topological polar surface area (TPSA) is 134 Å². The van der Waals surface area contributed by atoms with Crippen LogP contribution in [-0.2, 0) is 9.24 Å². The molecule has 0 radical (unpaired) electrons. The molecule has 0 spiro atoms. The molecule has 2 heterocycles. The van der Waals surface area contributed by atoms with E-state index in [1.807, 2.05) is 49.5 Å². The van der Waals surface area contributed by atoms with Gasteiger partial charge in [0.1, 0.15) is 23.8 Å². The van der Waals surface area contributed by atoms with Gasteiger partial charge in [-0.3, -0.25) is 0 Å². The van der Waals surface area contributed by atoms with Crippen molar-refractivity contribution >= 4 is 25.7 Å². The minimum absolute atomic E-state index is 0. The van der Waals surface area contributed by atoms with E-state index in [4.69, 9.17) is 31.1 Å². The van der Waals surface area contributed by atoms with E-state index in [1.54, 1.807) is 4.68 Å². The lowest BCUT2D eigenvalue weighted by molar-refractivity contribution is -0.244. The fourth-order valence-corrected chi connectivity index (χ4v) is 2.18. The number of anilines is 1. The molecule has 12 heteroatoms. The van der Waals surface area contributed by atoms with Gasteiger partial charge in [-0.25, -0.2) is 19.9 Å². The molecule has 3 rings (SSSR count). The molecule has 0 aliphatic carbocycles. The maximum Gasteiger partial charge on any atom is 0.521 e. The molecule has 1 unspecified atom stereocenters. The highest BCUT2D eigenvalue weighted by Gasteiger charge is 2.05. The van der Waals surface area contributed by atoms with Gasteiger partial charge in [-0.05, 0) is 23.6 Å². The van der Waals surface area contributed by atoms with Crippen LogP contribution in [0, 0.1) is 6.92 Å². The molecular weight excluding hydrogens is 409 g/mol. The standard InChI is InChI=1S/C16H16ClN5O.HO4P.H2/c1-12-15(17)16(20-11-19-12)18-8-10-23-14-7-9-22(21-14)13-5-3-2-4-6-13;1-4-5(2)3;/h2-7,9,11H,8,10H2,1H3,(H,18,19,20);1H;1H. The molecule has 0 saturated heterocycles. The Balaban J connectivity index is 0.000000628. The van der Waals surface area contributed by atoms with E-state index in [1.165, 1.54) is 6.33 Å². The van der Waals surface area contributed by atoms with Crippen LogP contribution < -0.4 is 14.9 Å². The van der Waals surface area contributed by atoms with Crippen molar-refractivity contribution in [3.8, 4) is 11.6 Å². The number of aromatic nitrogens is 4. The minimum Gasteiger partial charge on any atom is -0.565 e. The molecule has 2 N–H and O–H groups in total. The van der Waals surface area contributed by atoms with Gasteiger partial charge in [0.15, 0.2) is 0 Å². The van der Waals surface area contributed by atoms with Crippen molar-refractivity contribution in [1.29, 1.82) is 0 Å². The van der Waals surface area contributed by atoms with Gasteiger partial charge in [0.25, 0.3) is 0 Å². The largest absolute Gasteiger partial charge is 0.565 e. The van der Waals surface area contributed by atoms with E-state index >= 15 is 0 Å². The summed E-state index contributed by atoms with van der Waals surface area (Å²) in [5.74, 6) is 1.18. The highest BCUT2D eigenvalue weighted by molar-refractivity contribution is 7.30. The third-order valence-electron chi connectivity index (χ3n) is 3.26. The van der Waals surface area contributed by atoms with Crippen molar-refractivity contribution in [3.05, 3.63) is 59.6 Å². The molecule has 2 aromatic heterocycles. The number of nitrogens with one attached hydrogen (secondary N) is 1. The normalized spacial score (nSPS) is 10.6. The number of hydrogen-bond donors (Lipinski definition) is 2. The lowest BCUT2D eigenvalue weighted by Gasteiger charge is -2.08. The highest BCUT2D eigenvalue weighted by Crippen LogP contribution is 2.20. The van der Waals surface area contributed by atoms with Crippen LogP contribution in [0.4, 0.5) is 5.82 Å². The zero-order chi connectivity index (χ0) is 20.4. The highest BCUT2D eigenvalue weighted by atomic mass is 35.5. The van der Waals surface area contributed by atoms with Crippen molar-refractivity contribution in [2.24, 2.45) is 0 Å². The molecule has 0 aliphatic heterocycles. The Morgan fingerprint density at radius 2 is 2.04 bits per heavy atom. The van der Waals surface area contributed by atoms with Crippen LogP contribution in [0.5, 0.6) is 5.88 Å². The van der Waals surface area contributed by atoms with E-state index in [0.717, 1.165) is 11.4 Å². The van der Waals surface area contributed by atoms with Crippen LogP contribution in [-0.4, -0.2) is 38.2 Å². The third-order valence-corrected chi connectivity index (χ3v) is 3.85. The summed E-state index contributed by atoms with van der Waals surface area (Å²) in [6.07, 6.45) is 3.34. The van der Waals surface area contributed by atoms with E-state index < -0.39 is 8.25 Å². The summed E-state index contributed by atoms with van der Waals surface area (Å²) < 4.78 is 19.0. The second-order valence-electron chi connectivity index (χ2n) is 5.14. The minimum atomic E-state index is -3.04. The van der Waals surface area contributed by atoms with E-state index in [-0.39, 0.29) is 1.43 Å². The number of hydrogen-bond acceptors (Lipinski definition) is 9. The molecule has 0 aliphatic rings. The summed E-state index contributed by atoms with van der Waals surface area (Å²) in [6, 6.07) is 11.7. The average molecular weight is 428 g/mol. The Bertz CT molecular complexity index is 902. The Morgan fingerprint density at radius 3 is 2.71 bits per heavy atom. The van der Waals surface area contributed by atoms with Gasteiger partial charge in [0.05, 0.1) is 17.9 Å². The quantitative estimate of drug-likeness (QED) is 0.252. The molecule has 0 bridgehead atoms. The molecule has 1 aromatic carbocycles. The molecule has 0 fully saturated rings. The summed E-state index contributed by atoms with van der Waals surface area (Å²) in [7, 11) is -3.04. The summed E-state index contributed by atoms with van der Waals surface area (Å²) in [5, 5.41) is 15.1. The number of benzene rings is 1. The van der Waals surface area contributed by atoms with E-state index in [9.17, 15) is 0 Å². The summed E-state index contributed by atoms with van der Waals surface area (Å²) in [6.45, 7) is 2.85. The Hall–Kier alpha value is -2.62. The predicted octanol–water partition coefficient (Wildman–Crippen LogP) is 2.85. The second kappa shape index (κ2) is 11.3.